The first kappa shape index (κ1) is 32.7. The van der Waals surface area contributed by atoms with Crippen LogP contribution in [0, 0.1) is 0 Å². The molecule has 1 aromatic rings. The van der Waals surface area contributed by atoms with Gasteiger partial charge < -0.3 is 36.5 Å². The van der Waals surface area contributed by atoms with Crippen LogP contribution in [0.15, 0.2) is 55.6 Å². The predicted molar refractivity (Wildman–Crippen MR) is 109 cm³/mol. The van der Waals surface area contributed by atoms with E-state index in [0.717, 1.165) is 22.1 Å². The molecule has 0 radical (unpaired) electrons. The number of quaternary nitrogens is 2. The van der Waals surface area contributed by atoms with E-state index in [1.165, 1.54) is 5.56 Å². The number of halogens is 1. The molecule has 0 aliphatic rings. The molecular weight excluding hydrogens is 392 g/mol. The molecule has 0 spiro atoms. The molecule has 1 N–H and O–H groups in total. The van der Waals surface area contributed by atoms with Crippen molar-refractivity contribution in [2.45, 2.75) is 19.8 Å². The summed E-state index contributed by atoms with van der Waals surface area (Å²) in [6.07, 6.45) is 3.86. The number of nitrogens with zero attached hydrogens (tertiary/aromatic N) is 2. The van der Waals surface area contributed by atoms with Crippen molar-refractivity contribution in [3.05, 3.63) is 61.2 Å². The molecule has 1 rings (SSSR count). The molecule has 0 bridgehead atoms. The van der Waals surface area contributed by atoms with Crippen LogP contribution in [-0.2, 0) is 0 Å². The van der Waals surface area contributed by atoms with Crippen molar-refractivity contribution in [3.8, 4) is 0 Å². The van der Waals surface area contributed by atoms with Gasteiger partial charge in [-0.1, -0.05) is 57.3 Å². The molecule has 0 atom stereocenters. The largest absolute Gasteiger partial charge is 1.00 e. The molecule has 0 saturated carbocycles. The molecule has 4 nitrogen and oxygen atoms in total. The summed E-state index contributed by atoms with van der Waals surface area (Å²) < 4.78 is 1.95. The Morgan fingerprint density at radius 2 is 1.15 bits per heavy atom. The maximum Gasteiger partial charge on any atom is 0.0964 e. The van der Waals surface area contributed by atoms with Gasteiger partial charge in [-0.3, -0.25) is 0 Å². The normalized spacial score (nSPS) is 9.81. The molecule has 0 unspecified atom stereocenters. The molecular formula is C21H41BrN2O2. The van der Waals surface area contributed by atoms with Crippen LogP contribution in [0.25, 0.3) is 0 Å². The van der Waals surface area contributed by atoms with Gasteiger partial charge >= 0.3 is 0 Å². The monoisotopic (exact) mass is 432 g/mol. The molecule has 1 aromatic carbocycles. The number of hydrogen-bond donors (Lipinski definition) is 1. The molecule has 0 heterocycles. The third-order valence-electron chi connectivity index (χ3n) is 2.82. The van der Waals surface area contributed by atoms with Gasteiger partial charge in [-0.2, -0.15) is 0 Å². The Morgan fingerprint density at radius 3 is 1.27 bits per heavy atom. The zero-order valence-corrected chi connectivity index (χ0v) is 19.7. The van der Waals surface area contributed by atoms with Crippen LogP contribution in [0.2, 0.25) is 0 Å². The highest BCUT2D eigenvalue weighted by Crippen LogP contribution is 2.11. The molecule has 0 aliphatic carbocycles. The summed E-state index contributed by atoms with van der Waals surface area (Å²) in [5, 5.41) is 13.0. The molecule has 0 aliphatic heterocycles. The Morgan fingerprint density at radius 1 is 0.846 bits per heavy atom. The first-order chi connectivity index (χ1) is 11.4. The summed E-state index contributed by atoms with van der Waals surface area (Å²) in [7, 11) is 12.8. The summed E-state index contributed by atoms with van der Waals surface area (Å²) >= 11 is 0. The number of benzene rings is 1. The Bertz CT molecular complexity index is 402. The fourth-order valence-electron chi connectivity index (χ4n) is 1.61. The lowest BCUT2D eigenvalue weighted by molar-refractivity contribution is -0.864. The topological polar surface area (TPSA) is 43.3 Å². The van der Waals surface area contributed by atoms with Crippen molar-refractivity contribution in [1.29, 1.82) is 0 Å². The zero-order chi connectivity index (χ0) is 20.5. The van der Waals surface area contributed by atoms with Crippen molar-refractivity contribution < 1.29 is 36.5 Å². The van der Waals surface area contributed by atoms with E-state index in [4.69, 9.17) is 10.5 Å². The van der Waals surface area contributed by atoms with Gasteiger partial charge in [-0.25, -0.2) is 0 Å². The lowest BCUT2D eigenvalue weighted by Gasteiger charge is -2.21. The van der Waals surface area contributed by atoms with Crippen LogP contribution < -0.4 is 22.2 Å². The van der Waals surface area contributed by atoms with Gasteiger partial charge in [0, 0.05) is 0 Å². The highest BCUT2D eigenvalue weighted by Gasteiger charge is 2.00. The third kappa shape index (κ3) is 30.9. The number of likely N-dealkylation sites (N-methyl/N-ethyl adjacent to an activating group) is 2. The van der Waals surface area contributed by atoms with E-state index >= 15 is 0 Å². The van der Waals surface area contributed by atoms with Crippen molar-refractivity contribution >= 4 is 0 Å². The van der Waals surface area contributed by atoms with Crippen LogP contribution in [0.3, 0.4) is 0 Å². The SMILES string of the molecule is C=CC[N+](C)(C)C.C=CC[N+](C)(C)C.CC(C)c1ccccc1.[Br-].[O-]O. The average Bonchev–Trinajstić information content (AvgIpc) is 2.49. The molecule has 0 amide bonds. The van der Waals surface area contributed by atoms with E-state index in [1.807, 2.05) is 18.2 Å². The predicted octanol–water partition coefficient (Wildman–Crippen LogP) is 0.391. The van der Waals surface area contributed by atoms with E-state index in [1.54, 1.807) is 0 Å². The van der Waals surface area contributed by atoms with Gasteiger partial charge in [0.05, 0.1) is 55.4 Å². The summed E-state index contributed by atoms with van der Waals surface area (Å²) in [6, 6.07) is 10.5. The first-order valence-corrected chi connectivity index (χ1v) is 8.49. The maximum absolute atomic E-state index is 7.25. The minimum atomic E-state index is 0. The van der Waals surface area contributed by atoms with Crippen molar-refractivity contribution in [2.75, 3.05) is 55.4 Å². The van der Waals surface area contributed by atoms with E-state index in [-0.39, 0.29) is 17.0 Å². The van der Waals surface area contributed by atoms with E-state index in [2.05, 4.69) is 93.6 Å². The Balaban J connectivity index is -0.000000132. The van der Waals surface area contributed by atoms with Crippen LogP contribution in [-0.4, -0.2) is 69.6 Å². The Labute approximate surface area is 173 Å². The second-order valence-corrected chi connectivity index (χ2v) is 8.09. The molecule has 154 valence electrons. The van der Waals surface area contributed by atoms with Crippen molar-refractivity contribution in [1.82, 2.24) is 0 Å². The van der Waals surface area contributed by atoms with Crippen molar-refractivity contribution in [2.24, 2.45) is 0 Å². The molecule has 5 heteroatoms. The van der Waals surface area contributed by atoms with E-state index in [0.29, 0.717) is 5.92 Å². The van der Waals surface area contributed by atoms with Gasteiger partial charge in [-0.05, 0) is 23.6 Å². The lowest BCUT2D eigenvalue weighted by Crippen LogP contribution is -3.00. The first-order valence-electron chi connectivity index (χ1n) is 8.49. The molecule has 0 fully saturated rings. The zero-order valence-electron chi connectivity index (χ0n) is 18.1. The van der Waals surface area contributed by atoms with Gasteiger partial charge in [0.15, 0.2) is 0 Å². The lowest BCUT2D eigenvalue weighted by atomic mass is 10.0. The Hall–Kier alpha value is -0.980. The highest BCUT2D eigenvalue weighted by molar-refractivity contribution is 5.17. The van der Waals surface area contributed by atoms with Gasteiger partial charge in [0.2, 0.25) is 0 Å². The van der Waals surface area contributed by atoms with Gasteiger partial charge in [0.1, 0.15) is 0 Å². The Kier molecular flexibility index (Phi) is 23.6. The summed E-state index contributed by atoms with van der Waals surface area (Å²) in [4.78, 5) is 0. The highest BCUT2D eigenvalue weighted by atomic mass is 79.9. The standard InChI is InChI=1S/C9H12.2C6H14N.BrH.H2O2/c1-8(2)9-6-4-3-5-7-9;2*1-5-6-7(2,3)4;;1-2/h3-8H,1-2H3;2*5H,1,6H2,2-4H3;1H;1-2H/q;2*+1;;/p-2. The summed E-state index contributed by atoms with van der Waals surface area (Å²) in [5.74, 6) is 0.659. The van der Waals surface area contributed by atoms with Crippen LogP contribution >= 0.6 is 0 Å². The van der Waals surface area contributed by atoms with Crippen molar-refractivity contribution in [3.63, 3.8) is 0 Å². The van der Waals surface area contributed by atoms with E-state index in [9.17, 15) is 0 Å². The van der Waals surface area contributed by atoms with Gasteiger partial charge in [-0.15, -0.1) is 0 Å². The molecule has 0 aromatic heterocycles. The summed E-state index contributed by atoms with van der Waals surface area (Å²) in [5.41, 5.74) is 1.41. The fraction of sp³-hybridized carbons (Fsp3) is 0.524. The molecule has 0 saturated heterocycles. The second-order valence-electron chi connectivity index (χ2n) is 8.09. The smallest absolute Gasteiger partial charge is 0.0964 e. The number of rotatable bonds is 5. The average molecular weight is 433 g/mol. The second kappa shape index (κ2) is 18.8. The third-order valence-corrected chi connectivity index (χ3v) is 2.82. The van der Waals surface area contributed by atoms with Gasteiger partial charge in [0.25, 0.3) is 0 Å². The van der Waals surface area contributed by atoms with Crippen LogP contribution in [0.4, 0.5) is 0 Å². The minimum absolute atomic E-state index is 0. The number of hydrogen-bond acceptors (Lipinski definition) is 2. The van der Waals surface area contributed by atoms with Crippen LogP contribution in [0.5, 0.6) is 0 Å². The minimum Gasteiger partial charge on any atom is -1.00 e. The fourth-order valence-corrected chi connectivity index (χ4v) is 1.61. The van der Waals surface area contributed by atoms with Crippen LogP contribution in [0.1, 0.15) is 25.3 Å². The maximum atomic E-state index is 7.25. The van der Waals surface area contributed by atoms with E-state index < -0.39 is 0 Å². The quantitative estimate of drug-likeness (QED) is 0.316. The summed E-state index contributed by atoms with van der Waals surface area (Å²) in [6.45, 7) is 13.8. The molecule has 26 heavy (non-hydrogen) atoms.